The Hall–Kier alpha value is -1.72. The number of guanidine groups is 1. The highest BCUT2D eigenvalue weighted by Gasteiger charge is 2.20. The predicted molar refractivity (Wildman–Crippen MR) is 104 cm³/mol. The van der Waals surface area contributed by atoms with E-state index in [1.807, 2.05) is 18.5 Å². The summed E-state index contributed by atoms with van der Waals surface area (Å²) in [7, 11) is 1.77. The highest BCUT2D eigenvalue weighted by atomic mass is 127. The van der Waals surface area contributed by atoms with Crippen LogP contribution in [0.15, 0.2) is 15.8 Å². The molecule has 1 atom stereocenters. The third kappa shape index (κ3) is 5.13. The minimum absolute atomic E-state index is 0. The zero-order valence-corrected chi connectivity index (χ0v) is 17.1. The van der Waals surface area contributed by atoms with E-state index in [1.54, 1.807) is 13.4 Å². The molecule has 25 heavy (non-hydrogen) atoms. The Labute approximate surface area is 164 Å². The molecule has 0 aromatic carbocycles. The van der Waals surface area contributed by atoms with E-state index in [-0.39, 0.29) is 29.9 Å². The summed E-state index contributed by atoms with van der Waals surface area (Å²) in [6.45, 7) is 5.57. The van der Waals surface area contributed by atoms with Gasteiger partial charge in [0.25, 0.3) is 0 Å². The number of aryl methyl sites for hydroxylation is 1. The van der Waals surface area contributed by atoms with Gasteiger partial charge in [-0.05, 0) is 6.42 Å². The predicted octanol–water partition coefficient (Wildman–Crippen LogP) is 1.12. The maximum absolute atomic E-state index is 5.24. The Kier molecular flexibility index (Phi) is 7.14. The van der Waals surface area contributed by atoms with Gasteiger partial charge in [-0.1, -0.05) is 19.0 Å². The molecular formula is C15H25IN8O. The number of aromatic nitrogens is 5. The average molecular weight is 460 g/mol. The Bertz CT molecular complexity index is 695. The minimum atomic E-state index is 0. The highest BCUT2D eigenvalue weighted by Crippen LogP contribution is 2.11. The molecule has 10 heteroatoms. The SMILES string of the molecule is CN=C(NCCc1nc(C(C)C)no1)NC1CCc2ncnn2C1.I. The molecule has 1 aliphatic heterocycles. The minimum Gasteiger partial charge on any atom is -0.356 e. The molecule has 1 aliphatic rings. The van der Waals surface area contributed by atoms with Gasteiger partial charge in [0.1, 0.15) is 12.2 Å². The molecule has 3 rings (SSSR count). The topological polar surface area (TPSA) is 106 Å². The lowest BCUT2D eigenvalue weighted by Crippen LogP contribution is -2.47. The normalized spacial score (nSPS) is 17.1. The summed E-state index contributed by atoms with van der Waals surface area (Å²) in [5, 5.41) is 14.9. The molecule has 0 saturated heterocycles. The van der Waals surface area contributed by atoms with Crippen molar-refractivity contribution in [2.24, 2.45) is 4.99 Å². The first-order valence-electron chi connectivity index (χ1n) is 8.32. The molecule has 3 heterocycles. The van der Waals surface area contributed by atoms with Gasteiger partial charge in [0.2, 0.25) is 5.89 Å². The number of fused-ring (bicyclic) bond motifs is 1. The lowest BCUT2D eigenvalue weighted by Gasteiger charge is -2.25. The molecule has 1 unspecified atom stereocenters. The monoisotopic (exact) mass is 460 g/mol. The fourth-order valence-corrected chi connectivity index (χ4v) is 2.64. The fraction of sp³-hybridized carbons (Fsp3) is 0.667. The maximum Gasteiger partial charge on any atom is 0.228 e. The van der Waals surface area contributed by atoms with Crippen molar-refractivity contribution < 1.29 is 4.52 Å². The Morgan fingerprint density at radius 1 is 1.48 bits per heavy atom. The molecule has 0 aliphatic carbocycles. The van der Waals surface area contributed by atoms with Crippen LogP contribution in [-0.4, -0.2) is 50.5 Å². The van der Waals surface area contributed by atoms with Crippen LogP contribution in [-0.2, 0) is 19.4 Å². The molecule has 138 valence electrons. The molecule has 0 spiro atoms. The van der Waals surface area contributed by atoms with Gasteiger partial charge in [-0.2, -0.15) is 10.1 Å². The van der Waals surface area contributed by atoms with Gasteiger partial charge >= 0.3 is 0 Å². The van der Waals surface area contributed by atoms with E-state index >= 15 is 0 Å². The number of nitrogens with zero attached hydrogens (tertiary/aromatic N) is 6. The van der Waals surface area contributed by atoms with Gasteiger partial charge in [-0.3, -0.25) is 4.99 Å². The van der Waals surface area contributed by atoms with Gasteiger partial charge in [0.05, 0.1) is 6.54 Å². The average Bonchev–Trinajstić information content (AvgIpc) is 3.22. The van der Waals surface area contributed by atoms with Crippen LogP contribution in [0.25, 0.3) is 0 Å². The Morgan fingerprint density at radius 3 is 3.04 bits per heavy atom. The summed E-state index contributed by atoms with van der Waals surface area (Å²) in [4.78, 5) is 12.9. The highest BCUT2D eigenvalue weighted by molar-refractivity contribution is 14.0. The van der Waals surface area contributed by atoms with Crippen molar-refractivity contribution in [3.63, 3.8) is 0 Å². The van der Waals surface area contributed by atoms with Gasteiger partial charge in [0.15, 0.2) is 11.8 Å². The fourth-order valence-electron chi connectivity index (χ4n) is 2.64. The van der Waals surface area contributed by atoms with Crippen LogP contribution in [0.4, 0.5) is 0 Å². The summed E-state index contributed by atoms with van der Waals surface area (Å²) < 4.78 is 7.19. The first-order chi connectivity index (χ1) is 11.7. The lowest BCUT2D eigenvalue weighted by atomic mass is 10.1. The summed E-state index contributed by atoms with van der Waals surface area (Å²) in [5.41, 5.74) is 0. The van der Waals surface area contributed by atoms with Crippen molar-refractivity contribution in [1.29, 1.82) is 0 Å². The number of halogens is 1. The van der Waals surface area contributed by atoms with Gasteiger partial charge in [0, 0.05) is 38.4 Å². The van der Waals surface area contributed by atoms with Crippen molar-refractivity contribution in [2.45, 2.75) is 51.6 Å². The quantitative estimate of drug-likeness (QED) is 0.392. The largest absolute Gasteiger partial charge is 0.356 e. The second kappa shape index (κ2) is 9.11. The number of nitrogens with one attached hydrogen (secondary N) is 2. The van der Waals surface area contributed by atoms with Crippen LogP contribution < -0.4 is 10.6 Å². The molecule has 9 nitrogen and oxygen atoms in total. The first kappa shape index (κ1) is 19.6. The molecule has 0 radical (unpaired) electrons. The zero-order chi connectivity index (χ0) is 16.9. The second-order valence-electron chi connectivity index (χ2n) is 6.19. The summed E-state index contributed by atoms with van der Waals surface area (Å²) in [6.07, 6.45) is 4.22. The molecule has 0 bridgehead atoms. The summed E-state index contributed by atoms with van der Waals surface area (Å²) in [6, 6.07) is 0.293. The standard InChI is InChI=1S/C15H24N8O.HI/c1-10(2)14-21-13(24-22-14)6-7-17-15(16-3)20-11-4-5-12-18-9-19-23(12)8-11;/h9-11H,4-8H2,1-3H3,(H2,16,17,20);1H. The summed E-state index contributed by atoms with van der Waals surface area (Å²) in [5.74, 6) is 3.49. The van der Waals surface area contributed by atoms with Crippen LogP contribution in [0.3, 0.4) is 0 Å². The third-order valence-corrected chi connectivity index (χ3v) is 4.00. The van der Waals surface area contributed by atoms with E-state index in [0.29, 0.717) is 24.9 Å². The van der Waals surface area contributed by atoms with E-state index in [2.05, 4.69) is 35.8 Å². The number of hydrogen-bond donors (Lipinski definition) is 2. The number of aliphatic imine (C=N–C) groups is 1. The molecular weight excluding hydrogens is 435 g/mol. The summed E-state index contributed by atoms with van der Waals surface area (Å²) >= 11 is 0. The molecule has 0 amide bonds. The van der Waals surface area contributed by atoms with Crippen LogP contribution in [0.5, 0.6) is 0 Å². The van der Waals surface area contributed by atoms with E-state index in [4.69, 9.17) is 4.52 Å². The van der Waals surface area contributed by atoms with Crippen LogP contribution in [0, 0.1) is 0 Å². The Morgan fingerprint density at radius 2 is 2.32 bits per heavy atom. The van der Waals surface area contributed by atoms with E-state index in [9.17, 15) is 0 Å². The van der Waals surface area contributed by atoms with E-state index in [1.165, 1.54) is 0 Å². The number of hydrogen-bond acceptors (Lipinski definition) is 6. The Balaban J connectivity index is 0.00000225. The molecule has 2 aromatic heterocycles. The van der Waals surface area contributed by atoms with Gasteiger partial charge in [-0.15, -0.1) is 24.0 Å². The second-order valence-corrected chi connectivity index (χ2v) is 6.19. The van der Waals surface area contributed by atoms with Crippen molar-refractivity contribution in [1.82, 2.24) is 35.5 Å². The lowest BCUT2D eigenvalue weighted by molar-refractivity contribution is 0.370. The molecule has 0 saturated carbocycles. The first-order valence-corrected chi connectivity index (χ1v) is 8.32. The van der Waals surface area contributed by atoms with Crippen LogP contribution in [0.1, 0.15) is 43.7 Å². The molecule has 2 N–H and O–H groups in total. The van der Waals surface area contributed by atoms with Crippen molar-refractivity contribution in [2.75, 3.05) is 13.6 Å². The van der Waals surface area contributed by atoms with Crippen LogP contribution in [0.2, 0.25) is 0 Å². The van der Waals surface area contributed by atoms with Crippen LogP contribution >= 0.6 is 24.0 Å². The van der Waals surface area contributed by atoms with E-state index in [0.717, 1.165) is 37.0 Å². The van der Waals surface area contributed by atoms with Crippen molar-refractivity contribution in [3.8, 4) is 0 Å². The molecule has 0 fully saturated rings. The van der Waals surface area contributed by atoms with Gasteiger partial charge in [-0.25, -0.2) is 9.67 Å². The maximum atomic E-state index is 5.24. The van der Waals surface area contributed by atoms with E-state index < -0.39 is 0 Å². The third-order valence-electron chi connectivity index (χ3n) is 4.00. The number of rotatable bonds is 5. The van der Waals surface area contributed by atoms with Crippen molar-refractivity contribution in [3.05, 3.63) is 23.9 Å². The zero-order valence-electron chi connectivity index (χ0n) is 14.8. The molecule has 2 aromatic rings. The smallest absolute Gasteiger partial charge is 0.228 e. The van der Waals surface area contributed by atoms with Gasteiger partial charge < -0.3 is 15.2 Å². The van der Waals surface area contributed by atoms with Crippen molar-refractivity contribution >= 4 is 29.9 Å².